The molecule has 0 aromatic rings. The van der Waals surface area contributed by atoms with Crippen LogP contribution in [0, 0.1) is 0 Å². The number of quaternary nitrogens is 1. The van der Waals surface area contributed by atoms with Crippen LogP contribution in [0.2, 0.25) is 0 Å². The molecule has 0 amide bonds. The Kier molecular flexibility index (Phi) is 9.93. The lowest BCUT2D eigenvalue weighted by molar-refractivity contribution is -0.888. The van der Waals surface area contributed by atoms with Crippen LogP contribution in [0.4, 0.5) is 26.3 Å². The van der Waals surface area contributed by atoms with E-state index in [0.717, 1.165) is 21.6 Å². The third kappa shape index (κ3) is 10.2. The maximum absolute atomic E-state index is 11.4. The van der Waals surface area contributed by atoms with Crippen LogP contribution in [-0.4, -0.2) is 73.2 Å². The van der Waals surface area contributed by atoms with E-state index in [4.69, 9.17) is 4.74 Å². The van der Waals surface area contributed by atoms with E-state index in [-0.39, 0.29) is 0 Å². The number of rotatable bonds is 7. The summed E-state index contributed by atoms with van der Waals surface area (Å²) in [5.41, 5.74) is -12.4. The highest BCUT2D eigenvalue weighted by Gasteiger charge is 2.46. The highest BCUT2D eigenvalue weighted by atomic mass is 32.3. The molecule has 0 aliphatic heterocycles. The zero-order valence-electron chi connectivity index (χ0n) is 13.8. The molecule has 0 fully saturated rings. The highest BCUT2D eigenvalue weighted by Crippen LogP contribution is 2.36. The van der Waals surface area contributed by atoms with E-state index in [9.17, 15) is 43.2 Å². The number of halogens is 6. The van der Waals surface area contributed by atoms with Gasteiger partial charge in [0.1, 0.15) is 0 Å². The average Bonchev–Trinajstić information content (AvgIpc) is 2.35. The summed E-state index contributed by atoms with van der Waals surface area (Å²) in [5.74, 6) is 0. The van der Waals surface area contributed by atoms with Gasteiger partial charge < -0.3 is 13.3 Å². The number of alkyl halides is 6. The molecule has 25 heavy (non-hydrogen) atoms. The van der Waals surface area contributed by atoms with Gasteiger partial charge >= 0.3 is 11.0 Å². The van der Waals surface area contributed by atoms with E-state index in [2.05, 4.69) is 21.0 Å². The van der Waals surface area contributed by atoms with Crippen LogP contribution < -0.4 is 0 Å². The van der Waals surface area contributed by atoms with Gasteiger partial charge in [-0.3, -0.25) is 0 Å². The van der Waals surface area contributed by atoms with Crippen LogP contribution in [0.25, 0.3) is 4.13 Å². The molecule has 154 valence electrons. The first-order valence-electron chi connectivity index (χ1n) is 6.50. The van der Waals surface area contributed by atoms with E-state index in [0.29, 0.717) is 0 Å². The smallest absolute Gasteiger partial charge is 0.421 e. The monoisotopic (exact) mass is 426 g/mol. The molecule has 0 rings (SSSR count). The second-order valence-corrected chi connectivity index (χ2v) is 8.66. The van der Waals surface area contributed by atoms with Crippen LogP contribution in [0.1, 0.15) is 13.3 Å². The highest BCUT2D eigenvalue weighted by molar-refractivity contribution is 8.13. The van der Waals surface area contributed by atoms with Crippen molar-refractivity contribution in [2.75, 3.05) is 40.9 Å². The Morgan fingerprint density at radius 3 is 1.52 bits per heavy atom. The summed E-state index contributed by atoms with van der Waals surface area (Å²) in [6, 6.07) is 0. The Morgan fingerprint density at radius 2 is 1.28 bits per heavy atom. The fourth-order valence-electron chi connectivity index (χ4n) is 1.01. The minimum Gasteiger partial charge on any atom is -0.421 e. The van der Waals surface area contributed by atoms with Gasteiger partial charge in [0.2, 0.25) is 0 Å². The number of ether oxygens (including phenoxy) is 1. The van der Waals surface area contributed by atoms with Crippen LogP contribution in [0.15, 0.2) is 0 Å². The maximum atomic E-state index is 11.4. The molecule has 0 aromatic carbocycles. The summed E-state index contributed by atoms with van der Waals surface area (Å²) in [6.45, 7) is 5.52. The van der Waals surface area contributed by atoms with E-state index in [1.807, 2.05) is 0 Å². The minimum atomic E-state index is -6.72. The third-order valence-corrected chi connectivity index (χ3v) is 5.49. The van der Waals surface area contributed by atoms with Crippen molar-refractivity contribution >= 4 is 20.0 Å². The summed E-state index contributed by atoms with van der Waals surface area (Å²) in [4.78, 5) is 0. The van der Waals surface area contributed by atoms with Crippen molar-refractivity contribution in [1.82, 2.24) is 0 Å². The largest absolute Gasteiger partial charge is 0.480 e. The zero-order valence-corrected chi connectivity index (χ0v) is 15.5. The van der Waals surface area contributed by atoms with Crippen LogP contribution >= 0.6 is 0 Å². The molecule has 0 heterocycles. The van der Waals surface area contributed by atoms with E-state index in [1.165, 1.54) is 13.1 Å². The lowest BCUT2D eigenvalue weighted by Crippen LogP contribution is -2.40. The van der Waals surface area contributed by atoms with Gasteiger partial charge in [-0.25, -0.2) is 16.8 Å². The van der Waals surface area contributed by atoms with Crippen LogP contribution in [-0.2, 0) is 24.8 Å². The molecular formula is C10H20F6N2O5S2. The lowest BCUT2D eigenvalue weighted by Gasteiger charge is -2.27. The summed E-state index contributed by atoms with van der Waals surface area (Å²) < 4.78 is 115. The van der Waals surface area contributed by atoms with Gasteiger partial charge in [-0.1, -0.05) is 0 Å². The number of sulfonamides is 2. The van der Waals surface area contributed by atoms with Gasteiger partial charge in [-0.2, -0.15) is 26.3 Å². The molecule has 0 radical (unpaired) electrons. The molecule has 0 unspecified atom stereocenters. The van der Waals surface area contributed by atoms with Crippen molar-refractivity contribution in [1.29, 1.82) is 0 Å². The van der Waals surface area contributed by atoms with Crippen molar-refractivity contribution in [3.05, 3.63) is 4.13 Å². The first kappa shape index (κ1) is 26.6. The molecule has 0 aliphatic rings. The van der Waals surface area contributed by atoms with Gasteiger partial charge in [0.05, 0.1) is 33.8 Å². The summed E-state index contributed by atoms with van der Waals surface area (Å²) >= 11 is 0. The third-order valence-electron chi connectivity index (χ3n) is 2.75. The van der Waals surface area contributed by atoms with Crippen molar-refractivity contribution in [2.24, 2.45) is 0 Å². The normalized spacial score (nSPS) is 14.0. The molecule has 0 N–H and O–H groups in total. The summed E-state index contributed by atoms with van der Waals surface area (Å²) in [7, 11) is -7.20. The second-order valence-electron chi connectivity index (χ2n) is 5.24. The van der Waals surface area contributed by atoms with Gasteiger partial charge in [0.25, 0.3) is 0 Å². The van der Waals surface area contributed by atoms with Crippen molar-refractivity contribution in [2.45, 2.75) is 24.4 Å². The molecule has 15 heteroatoms. The molecule has 0 spiro atoms. The Hall–Kier alpha value is -0.640. The Morgan fingerprint density at radius 1 is 0.920 bits per heavy atom. The Balaban J connectivity index is 0. The summed E-state index contributed by atoms with van der Waals surface area (Å²) in [5, 5.41) is 0. The fourth-order valence-corrected chi connectivity index (χ4v) is 2.72. The fraction of sp³-hybridized carbons (Fsp3) is 1.00. The van der Waals surface area contributed by atoms with Crippen molar-refractivity contribution in [3.8, 4) is 0 Å². The zero-order chi connectivity index (χ0) is 20.7. The number of hydrogen-bond acceptors (Lipinski definition) is 5. The molecule has 0 aliphatic carbocycles. The Labute approximate surface area is 142 Å². The van der Waals surface area contributed by atoms with Crippen molar-refractivity contribution < 1.29 is 52.4 Å². The molecule has 0 aromatic heterocycles. The second kappa shape index (κ2) is 9.34. The molecule has 7 nitrogen and oxygen atoms in total. The average molecular weight is 426 g/mol. The van der Waals surface area contributed by atoms with Gasteiger partial charge in [0, 0.05) is 13.5 Å². The minimum absolute atomic E-state index is 0.778. The SMILES string of the molecule is CC[N+](C)(C)CCCOC.O=S(=O)([N-]S(=O)(=O)C(F)(F)F)C(F)(F)F. The number of methoxy groups -OCH3 is 1. The maximum Gasteiger partial charge on any atom is 0.480 e. The van der Waals surface area contributed by atoms with E-state index >= 15 is 0 Å². The molecule has 0 saturated heterocycles. The van der Waals surface area contributed by atoms with Gasteiger partial charge in [0.15, 0.2) is 20.0 Å². The topological polar surface area (TPSA) is 91.6 Å². The van der Waals surface area contributed by atoms with Crippen LogP contribution in [0.5, 0.6) is 0 Å². The summed E-state index contributed by atoms with van der Waals surface area (Å²) in [6.07, 6.45) is 1.16. The van der Waals surface area contributed by atoms with E-state index in [1.54, 1.807) is 7.11 Å². The van der Waals surface area contributed by atoms with E-state index < -0.39 is 31.1 Å². The Bertz CT molecular complexity index is 556. The first-order chi connectivity index (χ1) is 10.8. The molecular weight excluding hydrogens is 406 g/mol. The standard InChI is InChI=1S/C8H20NO.C2F6NO4S2/c1-5-9(2,3)7-6-8-10-4;3-1(4,5)14(10,11)9-15(12,13)2(6,7)8/h5-8H2,1-4H3;/q+1;-1. The number of nitrogens with zero attached hydrogens (tertiary/aromatic N) is 2. The quantitative estimate of drug-likeness (QED) is 0.354. The number of hydrogen-bond donors (Lipinski definition) is 0. The predicted molar refractivity (Wildman–Crippen MR) is 77.3 cm³/mol. The molecule has 0 saturated carbocycles. The lowest BCUT2D eigenvalue weighted by atomic mass is 10.3. The molecule has 0 bridgehead atoms. The molecule has 0 atom stereocenters. The first-order valence-corrected chi connectivity index (χ1v) is 9.38. The predicted octanol–water partition coefficient (Wildman–Crippen LogP) is 2.18. The van der Waals surface area contributed by atoms with Gasteiger partial charge in [-0.15, -0.1) is 0 Å². The van der Waals surface area contributed by atoms with Gasteiger partial charge in [-0.05, 0) is 6.92 Å². The van der Waals surface area contributed by atoms with Crippen LogP contribution in [0.3, 0.4) is 0 Å². The van der Waals surface area contributed by atoms with Crippen molar-refractivity contribution in [3.63, 3.8) is 0 Å².